The summed E-state index contributed by atoms with van der Waals surface area (Å²) >= 11 is 0. The van der Waals surface area contributed by atoms with Gasteiger partial charge in [-0.3, -0.25) is 4.79 Å². The Hall–Kier alpha value is -1.45. The van der Waals surface area contributed by atoms with Gasteiger partial charge in [0, 0.05) is 5.56 Å². The Kier molecular flexibility index (Phi) is 2.66. The zero-order valence-electron chi connectivity index (χ0n) is 8.00. The first-order valence-electron chi connectivity index (χ1n) is 4.82. The molecule has 1 aromatic rings. The van der Waals surface area contributed by atoms with Gasteiger partial charge in [0.2, 0.25) is 0 Å². The van der Waals surface area contributed by atoms with Crippen molar-refractivity contribution in [2.75, 3.05) is 0 Å². The first-order chi connectivity index (χ1) is 7.24. The largest absolute Gasteiger partial charge is 0.428 e. The fraction of sp³-hybridized carbons (Fsp3) is 0.364. The van der Waals surface area contributed by atoms with Crippen molar-refractivity contribution in [2.24, 2.45) is 0 Å². The molecule has 0 atom stereocenters. The molecule has 1 aromatic carbocycles. The van der Waals surface area contributed by atoms with Crippen molar-refractivity contribution in [1.29, 1.82) is 0 Å². The summed E-state index contributed by atoms with van der Waals surface area (Å²) in [6.45, 7) is 0.231. The van der Waals surface area contributed by atoms with E-state index in [9.17, 15) is 13.6 Å². The van der Waals surface area contributed by atoms with Gasteiger partial charge in [0.05, 0.1) is 0 Å². The average molecular weight is 212 g/mol. The van der Waals surface area contributed by atoms with Crippen LogP contribution >= 0.6 is 0 Å². The number of hydrogen-bond donors (Lipinski definition) is 0. The number of carbonyl (C=O) groups excluding carboxylic acids is 1. The Morgan fingerprint density at radius 3 is 2.60 bits per heavy atom. The minimum absolute atomic E-state index is 0.0179. The molecule has 0 aliphatic heterocycles. The van der Waals surface area contributed by atoms with E-state index >= 15 is 0 Å². The van der Waals surface area contributed by atoms with E-state index < -0.39 is 11.6 Å². The highest BCUT2D eigenvalue weighted by atomic mass is 19.2. The van der Waals surface area contributed by atoms with Crippen LogP contribution in [0, 0.1) is 11.6 Å². The zero-order valence-corrected chi connectivity index (χ0v) is 8.00. The normalized spacial score (nSPS) is 15.9. The summed E-state index contributed by atoms with van der Waals surface area (Å²) in [5, 5.41) is 0. The van der Waals surface area contributed by atoms with Gasteiger partial charge in [0.1, 0.15) is 5.75 Å². The van der Waals surface area contributed by atoms with Crippen LogP contribution < -0.4 is 4.74 Å². The van der Waals surface area contributed by atoms with Gasteiger partial charge in [-0.05, 0) is 30.9 Å². The molecule has 2 nitrogen and oxygen atoms in total. The van der Waals surface area contributed by atoms with E-state index in [-0.39, 0.29) is 23.7 Å². The number of halogens is 2. The van der Waals surface area contributed by atoms with Crippen LogP contribution in [0.3, 0.4) is 0 Å². The van der Waals surface area contributed by atoms with Gasteiger partial charge in [-0.15, -0.1) is 0 Å². The van der Waals surface area contributed by atoms with E-state index in [0.29, 0.717) is 0 Å². The number of ether oxygens (including phenoxy) is 1. The predicted octanol–water partition coefficient (Wildman–Crippen LogP) is 2.77. The van der Waals surface area contributed by atoms with Crippen molar-refractivity contribution in [3.05, 3.63) is 29.3 Å². The molecule has 0 amide bonds. The molecule has 1 aliphatic carbocycles. The SMILES string of the molecule is O=COc1ccc(F)c(F)c1C1CCC1. The molecule has 1 aliphatic rings. The summed E-state index contributed by atoms with van der Waals surface area (Å²) < 4.78 is 31.1. The molecule has 2 rings (SSSR count). The number of carbonyl (C=O) groups is 1. The zero-order chi connectivity index (χ0) is 10.8. The van der Waals surface area contributed by atoms with Crippen molar-refractivity contribution < 1.29 is 18.3 Å². The number of hydrogen-bond acceptors (Lipinski definition) is 2. The summed E-state index contributed by atoms with van der Waals surface area (Å²) in [6, 6.07) is 2.26. The second kappa shape index (κ2) is 3.96. The van der Waals surface area contributed by atoms with E-state index in [2.05, 4.69) is 4.74 Å². The first-order valence-corrected chi connectivity index (χ1v) is 4.82. The molecular weight excluding hydrogens is 202 g/mol. The molecule has 15 heavy (non-hydrogen) atoms. The second-order valence-corrected chi connectivity index (χ2v) is 3.62. The van der Waals surface area contributed by atoms with Gasteiger partial charge >= 0.3 is 0 Å². The summed E-state index contributed by atoms with van der Waals surface area (Å²) in [5.74, 6) is -1.67. The monoisotopic (exact) mass is 212 g/mol. The van der Waals surface area contributed by atoms with Crippen LogP contribution in [-0.2, 0) is 4.79 Å². The van der Waals surface area contributed by atoms with E-state index in [1.54, 1.807) is 0 Å². The van der Waals surface area contributed by atoms with Crippen molar-refractivity contribution >= 4 is 6.47 Å². The topological polar surface area (TPSA) is 26.3 Å². The molecule has 1 saturated carbocycles. The first kappa shape index (κ1) is 10.1. The van der Waals surface area contributed by atoms with E-state index in [0.717, 1.165) is 25.3 Å². The lowest BCUT2D eigenvalue weighted by Crippen LogP contribution is -2.13. The Balaban J connectivity index is 2.44. The molecular formula is C11H10F2O2. The third kappa shape index (κ3) is 1.71. The lowest BCUT2D eigenvalue weighted by Gasteiger charge is -2.27. The van der Waals surface area contributed by atoms with Gasteiger partial charge < -0.3 is 4.74 Å². The fourth-order valence-corrected chi connectivity index (χ4v) is 1.78. The highest BCUT2D eigenvalue weighted by Gasteiger charge is 2.28. The average Bonchev–Trinajstić information content (AvgIpc) is 2.14. The molecule has 0 spiro atoms. The number of benzene rings is 1. The predicted molar refractivity (Wildman–Crippen MR) is 49.6 cm³/mol. The van der Waals surface area contributed by atoms with Gasteiger partial charge in [0.25, 0.3) is 6.47 Å². The minimum atomic E-state index is -0.893. The van der Waals surface area contributed by atoms with E-state index in [1.807, 2.05) is 0 Å². The van der Waals surface area contributed by atoms with Crippen LogP contribution in [0.25, 0.3) is 0 Å². The van der Waals surface area contributed by atoms with E-state index in [4.69, 9.17) is 0 Å². The maximum Gasteiger partial charge on any atom is 0.298 e. The third-order valence-electron chi connectivity index (χ3n) is 2.78. The molecule has 0 aromatic heterocycles. The molecule has 4 heteroatoms. The maximum absolute atomic E-state index is 13.5. The quantitative estimate of drug-likeness (QED) is 0.720. The van der Waals surface area contributed by atoms with E-state index in [1.165, 1.54) is 6.07 Å². The Labute approximate surface area is 85.9 Å². The van der Waals surface area contributed by atoms with Crippen molar-refractivity contribution in [3.8, 4) is 5.75 Å². The van der Waals surface area contributed by atoms with Crippen molar-refractivity contribution in [1.82, 2.24) is 0 Å². The van der Waals surface area contributed by atoms with Crippen LogP contribution in [-0.4, -0.2) is 6.47 Å². The molecule has 0 unspecified atom stereocenters. The summed E-state index contributed by atoms with van der Waals surface area (Å²) in [6.07, 6.45) is 2.63. The smallest absolute Gasteiger partial charge is 0.298 e. The Morgan fingerprint density at radius 2 is 2.07 bits per heavy atom. The molecule has 0 saturated heterocycles. The van der Waals surface area contributed by atoms with Crippen molar-refractivity contribution in [2.45, 2.75) is 25.2 Å². The lowest BCUT2D eigenvalue weighted by atomic mass is 9.79. The highest BCUT2D eigenvalue weighted by Crippen LogP contribution is 2.42. The van der Waals surface area contributed by atoms with Crippen LogP contribution in [0.5, 0.6) is 5.75 Å². The van der Waals surface area contributed by atoms with Gasteiger partial charge in [-0.2, -0.15) is 0 Å². The summed E-state index contributed by atoms with van der Waals surface area (Å²) in [5.41, 5.74) is 0.202. The van der Waals surface area contributed by atoms with Gasteiger partial charge in [0.15, 0.2) is 11.6 Å². The third-order valence-corrected chi connectivity index (χ3v) is 2.78. The fourth-order valence-electron chi connectivity index (χ4n) is 1.78. The minimum Gasteiger partial charge on any atom is -0.428 e. The Bertz CT molecular complexity index is 386. The Morgan fingerprint density at radius 1 is 1.33 bits per heavy atom. The van der Waals surface area contributed by atoms with Gasteiger partial charge in [-0.1, -0.05) is 6.42 Å². The van der Waals surface area contributed by atoms with Crippen molar-refractivity contribution in [3.63, 3.8) is 0 Å². The van der Waals surface area contributed by atoms with Crippen LogP contribution in [0.2, 0.25) is 0 Å². The maximum atomic E-state index is 13.5. The molecule has 0 N–H and O–H groups in total. The second-order valence-electron chi connectivity index (χ2n) is 3.62. The van der Waals surface area contributed by atoms with Gasteiger partial charge in [-0.25, -0.2) is 8.78 Å². The summed E-state index contributed by atoms with van der Waals surface area (Å²) in [7, 11) is 0. The molecule has 0 radical (unpaired) electrons. The number of rotatable bonds is 3. The summed E-state index contributed by atoms with van der Waals surface area (Å²) in [4.78, 5) is 10.2. The molecule has 80 valence electrons. The van der Waals surface area contributed by atoms with Crippen LogP contribution in [0.4, 0.5) is 8.78 Å². The standard InChI is InChI=1S/C11H10F2O2/c12-8-4-5-9(15-6-14)10(11(8)13)7-2-1-3-7/h4-7H,1-3H2. The lowest BCUT2D eigenvalue weighted by molar-refractivity contribution is -0.120. The molecule has 0 heterocycles. The van der Waals surface area contributed by atoms with Crippen LogP contribution in [0.15, 0.2) is 12.1 Å². The molecule has 1 fully saturated rings. The highest BCUT2D eigenvalue weighted by molar-refractivity contribution is 5.49. The van der Waals surface area contributed by atoms with Crippen LogP contribution in [0.1, 0.15) is 30.7 Å². The molecule has 0 bridgehead atoms.